The molecule has 114 valence electrons. The molecular weight excluding hydrogens is 270 g/mol. The molecule has 2 rings (SSSR count). The second-order valence-corrected chi connectivity index (χ2v) is 4.97. The number of ether oxygens (including phenoxy) is 2. The van der Waals surface area contributed by atoms with E-state index in [0.29, 0.717) is 29.9 Å². The van der Waals surface area contributed by atoms with E-state index in [2.05, 4.69) is 34.6 Å². The van der Waals surface area contributed by atoms with Crippen molar-refractivity contribution in [3.8, 4) is 11.5 Å². The molecule has 1 aromatic heterocycles. The first-order chi connectivity index (χ1) is 10.1. The Morgan fingerprint density at radius 2 is 2.14 bits per heavy atom. The molecule has 0 amide bonds. The van der Waals surface area contributed by atoms with Crippen LogP contribution in [0.25, 0.3) is 0 Å². The van der Waals surface area contributed by atoms with Crippen LogP contribution >= 0.6 is 0 Å². The summed E-state index contributed by atoms with van der Waals surface area (Å²) in [6.07, 6.45) is 0. The maximum Gasteiger partial charge on any atom is 0.212 e. The largest absolute Gasteiger partial charge is 0.493 e. The van der Waals surface area contributed by atoms with Crippen molar-refractivity contribution < 1.29 is 9.47 Å². The third-order valence-corrected chi connectivity index (χ3v) is 2.88. The summed E-state index contributed by atoms with van der Waals surface area (Å²) in [5.41, 5.74) is 1.03. The van der Waals surface area contributed by atoms with Crippen LogP contribution in [0.4, 0.5) is 0 Å². The Labute approximate surface area is 124 Å². The second-order valence-electron chi connectivity index (χ2n) is 4.97. The predicted octanol–water partition coefficient (Wildman–Crippen LogP) is 1.30. The standard InChI is InChI=1S/C14H21N5O2/c1-10(2)15-8-11-6-5-7-12(20-4)14(11)21-9-13-16-18-19(3)17-13/h5-7,10,15H,8-9H2,1-4H3. The van der Waals surface area contributed by atoms with Crippen molar-refractivity contribution in [3.05, 3.63) is 29.6 Å². The fourth-order valence-electron chi connectivity index (χ4n) is 1.86. The summed E-state index contributed by atoms with van der Waals surface area (Å²) < 4.78 is 11.2. The molecule has 21 heavy (non-hydrogen) atoms. The van der Waals surface area contributed by atoms with E-state index >= 15 is 0 Å². The normalized spacial score (nSPS) is 10.9. The highest BCUT2D eigenvalue weighted by molar-refractivity contribution is 5.46. The van der Waals surface area contributed by atoms with E-state index in [1.807, 2.05) is 18.2 Å². The van der Waals surface area contributed by atoms with E-state index in [-0.39, 0.29) is 6.61 Å². The Morgan fingerprint density at radius 3 is 2.76 bits per heavy atom. The molecule has 7 heteroatoms. The van der Waals surface area contributed by atoms with Crippen LogP contribution in [0.15, 0.2) is 18.2 Å². The molecule has 7 nitrogen and oxygen atoms in total. The van der Waals surface area contributed by atoms with Gasteiger partial charge in [0.25, 0.3) is 0 Å². The van der Waals surface area contributed by atoms with Crippen LogP contribution in [-0.4, -0.2) is 33.4 Å². The van der Waals surface area contributed by atoms with Gasteiger partial charge in [-0.1, -0.05) is 26.0 Å². The quantitative estimate of drug-likeness (QED) is 0.828. The first-order valence-corrected chi connectivity index (χ1v) is 6.85. The summed E-state index contributed by atoms with van der Waals surface area (Å²) in [6.45, 7) is 5.16. The monoisotopic (exact) mass is 291 g/mol. The summed E-state index contributed by atoms with van der Waals surface area (Å²) in [5, 5.41) is 15.2. The Bertz CT molecular complexity index is 582. The average molecular weight is 291 g/mol. The number of hydrogen-bond acceptors (Lipinski definition) is 6. The highest BCUT2D eigenvalue weighted by atomic mass is 16.5. The summed E-state index contributed by atoms with van der Waals surface area (Å²) in [5.74, 6) is 1.94. The number of aromatic nitrogens is 4. The van der Waals surface area contributed by atoms with Gasteiger partial charge in [-0.15, -0.1) is 10.2 Å². The van der Waals surface area contributed by atoms with Gasteiger partial charge in [0.05, 0.1) is 14.2 Å². The fraction of sp³-hybridized carbons (Fsp3) is 0.500. The number of nitrogens with zero attached hydrogens (tertiary/aromatic N) is 4. The zero-order valence-corrected chi connectivity index (χ0v) is 12.8. The lowest BCUT2D eigenvalue weighted by Crippen LogP contribution is -2.22. The molecular formula is C14H21N5O2. The van der Waals surface area contributed by atoms with Gasteiger partial charge in [-0.3, -0.25) is 0 Å². The number of benzene rings is 1. The Kier molecular flexibility index (Phi) is 5.10. The summed E-state index contributed by atoms with van der Waals surface area (Å²) in [4.78, 5) is 1.40. The van der Waals surface area contributed by atoms with Gasteiger partial charge in [-0.25, -0.2) is 0 Å². The van der Waals surface area contributed by atoms with Gasteiger partial charge in [0.1, 0.15) is 0 Å². The Hall–Kier alpha value is -2.15. The minimum absolute atomic E-state index is 0.253. The molecule has 0 radical (unpaired) electrons. The number of para-hydroxylation sites is 1. The van der Waals surface area contributed by atoms with Crippen molar-refractivity contribution in [3.63, 3.8) is 0 Å². The third-order valence-electron chi connectivity index (χ3n) is 2.88. The molecule has 0 saturated carbocycles. The van der Waals surface area contributed by atoms with Gasteiger partial charge in [0, 0.05) is 18.2 Å². The van der Waals surface area contributed by atoms with Crippen molar-refractivity contribution in [2.24, 2.45) is 7.05 Å². The van der Waals surface area contributed by atoms with Crippen molar-refractivity contribution >= 4 is 0 Å². The molecule has 0 spiro atoms. The molecule has 0 unspecified atom stereocenters. The Morgan fingerprint density at radius 1 is 1.33 bits per heavy atom. The Balaban J connectivity index is 2.14. The van der Waals surface area contributed by atoms with E-state index < -0.39 is 0 Å². The van der Waals surface area contributed by atoms with Gasteiger partial charge in [0.2, 0.25) is 5.82 Å². The number of nitrogens with one attached hydrogen (secondary N) is 1. The lowest BCUT2D eigenvalue weighted by molar-refractivity contribution is 0.272. The molecule has 0 atom stereocenters. The highest BCUT2D eigenvalue weighted by Gasteiger charge is 2.12. The highest BCUT2D eigenvalue weighted by Crippen LogP contribution is 2.31. The van der Waals surface area contributed by atoms with Gasteiger partial charge >= 0.3 is 0 Å². The minimum Gasteiger partial charge on any atom is -0.493 e. The SMILES string of the molecule is COc1cccc(CNC(C)C)c1OCc1nnn(C)n1. The molecule has 1 heterocycles. The van der Waals surface area contributed by atoms with Crippen LogP contribution in [-0.2, 0) is 20.2 Å². The summed E-state index contributed by atoms with van der Waals surface area (Å²) >= 11 is 0. The topological polar surface area (TPSA) is 74.1 Å². The van der Waals surface area contributed by atoms with E-state index in [1.165, 1.54) is 4.80 Å². The van der Waals surface area contributed by atoms with E-state index in [0.717, 1.165) is 5.56 Å². The maximum atomic E-state index is 5.85. The molecule has 0 aliphatic heterocycles. The lowest BCUT2D eigenvalue weighted by Gasteiger charge is -2.15. The molecule has 0 aliphatic carbocycles. The molecule has 0 saturated heterocycles. The number of aryl methyl sites for hydroxylation is 1. The lowest BCUT2D eigenvalue weighted by atomic mass is 10.1. The minimum atomic E-state index is 0.253. The zero-order chi connectivity index (χ0) is 15.2. The van der Waals surface area contributed by atoms with Crippen molar-refractivity contribution in [2.45, 2.75) is 33.0 Å². The van der Waals surface area contributed by atoms with Crippen LogP contribution in [0.5, 0.6) is 11.5 Å². The van der Waals surface area contributed by atoms with Crippen LogP contribution in [0.3, 0.4) is 0 Å². The van der Waals surface area contributed by atoms with Crippen molar-refractivity contribution in [1.82, 2.24) is 25.5 Å². The number of rotatable bonds is 7. The van der Waals surface area contributed by atoms with Crippen molar-refractivity contribution in [1.29, 1.82) is 0 Å². The number of tetrazole rings is 1. The maximum absolute atomic E-state index is 5.85. The van der Waals surface area contributed by atoms with Gasteiger partial charge in [-0.2, -0.15) is 4.80 Å². The molecule has 0 fully saturated rings. The predicted molar refractivity (Wildman–Crippen MR) is 78.1 cm³/mol. The van der Waals surface area contributed by atoms with E-state index in [4.69, 9.17) is 9.47 Å². The van der Waals surface area contributed by atoms with E-state index in [9.17, 15) is 0 Å². The number of methoxy groups -OCH3 is 1. The molecule has 1 aromatic carbocycles. The zero-order valence-electron chi connectivity index (χ0n) is 12.8. The van der Waals surface area contributed by atoms with Crippen LogP contribution in [0, 0.1) is 0 Å². The number of hydrogen-bond donors (Lipinski definition) is 1. The van der Waals surface area contributed by atoms with Gasteiger partial charge in [-0.05, 0) is 11.3 Å². The third kappa shape index (κ3) is 4.16. The van der Waals surface area contributed by atoms with Gasteiger partial charge < -0.3 is 14.8 Å². The average Bonchev–Trinajstić information content (AvgIpc) is 2.88. The summed E-state index contributed by atoms with van der Waals surface area (Å²) in [6, 6.07) is 6.23. The first kappa shape index (κ1) is 15.2. The van der Waals surface area contributed by atoms with Crippen LogP contribution in [0.1, 0.15) is 25.2 Å². The van der Waals surface area contributed by atoms with Gasteiger partial charge in [0.15, 0.2) is 18.1 Å². The molecule has 0 aliphatic rings. The van der Waals surface area contributed by atoms with Crippen molar-refractivity contribution in [2.75, 3.05) is 7.11 Å². The molecule has 0 bridgehead atoms. The van der Waals surface area contributed by atoms with Crippen LogP contribution in [0.2, 0.25) is 0 Å². The first-order valence-electron chi connectivity index (χ1n) is 6.85. The van der Waals surface area contributed by atoms with E-state index in [1.54, 1.807) is 14.2 Å². The summed E-state index contributed by atoms with van der Waals surface area (Å²) in [7, 11) is 3.35. The smallest absolute Gasteiger partial charge is 0.212 e. The molecule has 2 aromatic rings. The second kappa shape index (κ2) is 7.03. The van der Waals surface area contributed by atoms with Crippen LogP contribution < -0.4 is 14.8 Å². The fourth-order valence-corrected chi connectivity index (χ4v) is 1.86. The molecule has 1 N–H and O–H groups in total.